The van der Waals surface area contributed by atoms with Crippen molar-refractivity contribution >= 4 is 11.8 Å². The Kier molecular flexibility index (Phi) is 7.73. The fourth-order valence-electron chi connectivity index (χ4n) is 4.05. The van der Waals surface area contributed by atoms with Gasteiger partial charge in [0.25, 0.3) is 0 Å². The summed E-state index contributed by atoms with van der Waals surface area (Å²) in [6.45, 7) is 11.9. The van der Waals surface area contributed by atoms with Gasteiger partial charge in [0.15, 0.2) is 0 Å². The maximum atomic E-state index is 12.2. The van der Waals surface area contributed by atoms with Crippen LogP contribution in [0.1, 0.15) is 59.8 Å². The first-order valence-electron chi connectivity index (χ1n) is 10.0. The average molecular weight is 353 g/mol. The van der Waals surface area contributed by atoms with Crippen molar-refractivity contribution in [3.05, 3.63) is 0 Å². The first kappa shape index (κ1) is 20.2. The Morgan fingerprint density at radius 3 is 1.68 bits per heavy atom. The van der Waals surface area contributed by atoms with E-state index in [1.807, 2.05) is 18.7 Å². The number of likely N-dealkylation sites (tertiary alicyclic amines) is 2. The van der Waals surface area contributed by atoms with E-state index in [0.717, 1.165) is 51.9 Å². The molecule has 0 bridgehead atoms. The van der Waals surface area contributed by atoms with Gasteiger partial charge in [0.1, 0.15) is 6.61 Å². The fourth-order valence-corrected chi connectivity index (χ4v) is 4.05. The van der Waals surface area contributed by atoms with Crippen molar-refractivity contribution in [1.82, 2.24) is 9.80 Å². The third-order valence-corrected chi connectivity index (χ3v) is 5.57. The van der Waals surface area contributed by atoms with Crippen LogP contribution in [0.5, 0.6) is 0 Å². The molecule has 0 aromatic carbocycles. The van der Waals surface area contributed by atoms with Crippen LogP contribution >= 0.6 is 0 Å². The lowest BCUT2D eigenvalue weighted by molar-refractivity contribution is -0.140. The Bertz CT molecular complexity index is 434. The molecular formula is C20H36N2O3. The molecule has 0 atom stereocenters. The van der Waals surface area contributed by atoms with E-state index in [1.54, 1.807) is 0 Å². The molecule has 0 spiro atoms. The molecule has 2 saturated heterocycles. The molecule has 0 aliphatic carbocycles. The Balaban J connectivity index is 1.70. The second-order valence-electron chi connectivity index (χ2n) is 8.39. The van der Waals surface area contributed by atoms with Gasteiger partial charge >= 0.3 is 0 Å². The van der Waals surface area contributed by atoms with Crippen LogP contribution in [0.3, 0.4) is 0 Å². The molecule has 2 heterocycles. The summed E-state index contributed by atoms with van der Waals surface area (Å²) < 4.78 is 5.43. The van der Waals surface area contributed by atoms with Crippen LogP contribution in [0.15, 0.2) is 0 Å². The van der Waals surface area contributed by atoms with Gasteiger partial charge in [-0.3, -0.25) is 9.59 Å². The Labute approximate surface area is 153 Å². The minimum Gasteiger partial charge on any atom is -0.369 e. The number of amides is 2. The van der Waals surface area contributed by atoms with Crippen LogP contribution in [0.25, 0.3) is 0 Å². The van der Waals surface area contributed by atoms with Crippen LogP contribution < -0.4 is 0 Å². The molecule has 0 aromatic rings. The fraction of sp³-hybridized carbons (Fsp3) is 0.900. The third-order valence-electron chi connectivity index (χ3n) is 5.57. The Hall–Kier alpha value is -1.10. The van der Waals surface area contributed by atoms with E-state index in [1.165, 1.54) is 0 Å². The number of nitrogens with zero attached hydrogens (tertiary/aromatic N) is 2. The number of hydrogen-bond acceptors (Lipinski definition) is 3. The standard InChI is InChI=1S/C20H36N2O3/c1-15(2)13-19(23)21-9-5-17(6-10-21)18-7-11-22(12-8-18)20(24)14-25-16(3)4/h15-18H,5-14H2,1-4H3. The van der Waals surface area contributed by atoms with E-state index in [0.29, 0.717) is 30.1 Å². The van der Waals surface area contributed by atoms with E-state index in [2.05, 4.69) is 18.7 Å². The zero-order valence-corrected chi connectivity index (χ0v) is 16.5. The number of piperidine rings is 2. The summed E-state index contributed by atoms with van der Waals surface area (Å²) in [5, 5.41) is 0. The lowest BCUT2D eigenvalue weighted by Crippen LogP contribution is -2.45. The number of rotatable bonds is 6. The molecule has 0 unspecified atom stereocenters. The number of ether oxygens (including phenoxy) is 1. The van der Waals surface area contributed by atoms with Crippen LogP contribution in [-0.2, 0) is 14.3 Å². The molecule has 2 amide bonds. The molecule has 2 aliphatic heterocycles. The largest absolute Gasteiger partial charge is 0.369 e. The molecule has 144 valence electrons. The zero-order valence-electron chi connectivity index (χ0n) is 16.5. The summed E-state index contributed by atoms with van der Waals surface area (Å²) in [5.74, 6) is 2.30. The van der Waals surface area contributed by atoms with Gasteiger partial charge in [0, 0.05) is 32.6 Å². The third kappa shape index (κ3) is 6.28. The van der Waals surface area contributed by atoms with Gasteiger partial charge < -0.3 is 14.5 Å². The van der Waals surface area contributed by atoms with Crippen molar-refractivity contribution in [3.63, 3.8) is 0 Å². The summed E-state index contributed by atoms with van der Waals surface area (Å²) in [6.07, 6.45) is 5.21. The number of hydrogen-bond donors (Lipinski definition) is 0. The molecular weight excluding hydrogens is 316 g/mol. The second kappa shape index (κ2) is 9.56. The monoisotopic (exact) mass is 352 g/mol. The van der Waals surface area contributed by atoms with Crippen molar-refractivity contribution in [2.75, 3.05) is 32.8 Å². The lowest BCUT2D eigenvalue weighted by Gasteiger charge is -2.40. The van der Waals surface area contributed by atoms with Crippen LogP contribution in [0.4, 0.5) is 0 Å². The summed E-state index contributed by atoms with van der Waals surface area (Å²) in [5.41, 5.74) is 0. The average Bonchev–Trinajstić information content (AvgIpc) is 2.59. The van der Waals surface area contributed by atoms with Gasteiger partial charge in [-0.1, -0.05) is 13.8 Å². The number of carbonyl (C=O) groups excluding carboxylic acids is 2. The first-order chi connectivity index (χ1) is 11.9. The predicted octanol–water partition coefficient (Wildman–Crippen LogP) is 2.93. The molecule has 2 aliphatic rings. The molecule has 0 aromatic heterocycles. The Morgan fingerprint density at radius 2 is 1.28 bits per heavy atom. The van der Waals surface area contributed by atoms with E-state index in [9.17, 15) is 9.59 Å². The minimum atomic E-state index is 0.102. The summed E-state index contributed by atoms with van der Waals surface area (Å²) in [6, 6.07) is 0. The van der Waals surface area contributed by atoms with E-state index in [4.69, 9.17) is 4.74 Å². The molecule has 25 heavy (non-hydrogen) atoms. The van der Waals surface area contributed by atoms with E-state index >= 15 is 0 Å². The van der Waals surface area contributed by atoms with Crippen LogP contribution in [0.2, 0.25) is 0 Å². The topological polar surface area (TPSA) is 49.9 Å². The molecule has 2 fully saturated rings. The molecule has 0 saturated carbocycles. The van der Waals surface area contributed by atoms with Gasteiger partial charge in [0.05, 0.1) is 6.10 Å². The van der Waals surface area contributed by atoms with Gasteiger partial charge in [-0.2, -0.15) is 0 Å². The van der Waals surface area contributed by atoms with E-state index in [-0.39, 0.29) is 18.6 Å². The molecule has 0 radical (unpaired) electrons. The van der Waals surface area contributed by atoms with Crippen LogP contribution in [-0.4, -0.2) is 60.5 Å². The van der Waals surface area contributed by atoms with Crippen molar-refractivity contribution < 1.29 is 14.3 Å². The maximum Gasteiger partial charge on any atom is 0.248 e. The second-order valence-corrected chi connectivity index (χ2v) is 8.39. The lowest BCUT2D eigenvalue weighted by atomic mass is 9.78. The predicted molar refractivity (Wildman–Crippen MR) is 99.2 cm³/mol. The molecule has 5 heteroatoms. The SMILES string of the molecule is CC(C)CC(=O)N1CCC(C2CCN(C(=O)COC(C)C)CC2)CC1. The zero-order chi connectivity index (χ0) is 18.4. The molecule has 5 nitrogen and oxygen atoms in total. The quantitative estimate of drug-likeness (QED) is 0.738. The van der Waals surface area contributed by atoms with Crippen LogP contribution in [0, 0.1) is 17.8 Å². The van der Waals surface area contributed by atoms with Gasteiger partial charge in [-0.25, -0.2) is 0 Å². The summed E-state index contributed by atoms with van der Waals surface area (Å²) in [7, 11) is 0. The van der Waals surface area contributed by atoms with Crippen molar-refractivity contribution in [1.29, 1.82) is 0 Å². The van der Waals surface area contributed by atoms with Crippen molar-refractivity contribution in [2.45, 2.75) is 65.9 Å². The van der Waals surface area contributed by atoms with Gasteiger partial charge in [-0.05, 0) is 57.3 Å². The molecule has 0 N–H and O–H groups in total. The Morgan fingerprint density at radius 1 is 0.840 bits per heavy atom. The van der Waals surface area contributed by atoms with Crippen molar-refractivity contribution in [3.8, 4) is 0 Å². The highest BCUT2D eigenvalue weighted by atomic mass is 16.5. The highest BCUT2D eigenvalue weighted by Crippen LogP contribution is 2.32. The number of carbonyl (C=O) groups is 2. The minimum absolute atomic E-state index is 0.102. The van der Waals surface area contributed by atoms with Gasteiger partial charge in [0.2, 0.25) is 11.8 Å². The summed E-state index contributed by atoms with van der Waals surface area (Å²) in [4.78, 5) is 28.3. The highest BCUT2D eigenvalue weighted by molar-refractivity contribution is 5.77. The highest BCUT2D eigenvalue weighted by Gasteiger charge is 2.31. The van der Waals surface area contributed by atoms with Gasteiger partial charge in [-0.15, -0.1) is 0 Å². The van der Waals surface area contributed by atoms with E-state index < -0.39 is 0 Å². The summed E-state index contributed by atoms with van der Waals surface area (Å²) >= 11 is 0. The maximum absolute atomic E-state index is 12.2. The normalized spacial score (nSPS) is 20.6. The van der Waals surface area contributed by atoms with Crippen molar-refractivity contribution in [2.24, 2.45) is 17.8 Å². The smallest absolute Gasteiger partial charge is 0.248 e. The molecule has 2 rings (SSSR count). The first-order valence-corrected chi connectivity index (χ1v) is 10.0.